The van der Waals surface area contributed by atoms with Gasteiger partial charge in [0.05, 0.1) is 23.1 Å². The van der Waals surface area contributed by atoms with Crippen molar-refractivity contribution < 1.29 is 0 Å². The molecule has 2 aromatic carbocycles. The molecule has 0 amide bonds. The first kappa shape index (κ1) is 16.3. The average molecular weight is 339 g/mol. The van der Waals surface area contributed by atoms with E-state index in [1.807, 2.05) is 36.7 Å². The van der Waals surface area contributed by atoms with Crippen LogP contribution in [0, 0.1) is 13.8 Å². The molecule has 0 saturated heterocycles. The summed E-state index contributed by atoms with van der Waals surface area (Å²) in [7, 11) is 0. The summed E-state index contributed by atoms with van der Waals surface area (Å²) in [6, 6.07) is 23.0. The Balaban J connectivity index is 1.89. The van der Waals surface area contributed by atoms with Crippen molar-refractivity contribution in [2.75, 3.05) is 0 Å². The maximum atomic E-state index is 4.92. The fourth-order valence-electron chi connectivity index (χ4n) is 2.98. The van der Waals surface area contributed by atoms with Crippen molar-refractivity contribution in [2.24, 2.45) is 4.99 Å². The van der Waals surface area contributed by atoms with E-state index >= 15 is 0 Å². The predicted octanol–water partition coefficient (Wildman–Crippen LogP) is 4.77. The highest BCUT2D eigenvalue weighted by atomic mass is 15.0. The standard InChI is InChI=1S/C23H21N3/c1-17-6-10-19(11-7-17)15-22-23(25-20-12-8-18(2)9-13-20)26-14-4-3-5-21(26)16-24-22/h3-14,16H,15H2,1-2H3. The Kier molecular flexibility index (Phi) is 4.36. The van der Waals surface area contributed by atoms with E-state index in [0.717, 1.165) is 28.8 Å². The molecule has 26 heavy (non-hydrogen) atoms. The number of nitrogens with zero attached hydrogens (tertiary/aromatic N) is 3. The monoisotopic (exact) mass is 339 g/mol. The Morgan fingerprint density at radius 3 is 2.27 bits per heavy atom. The molecule has 4 aromatic rings. The van der Waals surface area contributed by atoms with E-state index in [-0.39, 0.29) is 0 Å². The summed E-state index contributed by atoms with van der Waals surface area (Å²) in [5.74, 6) is 0. The predicted molar refractivity (Wildman–Crippen MR) is 106 cm³/mol. The van der Waals surface area contributed by atoms with E-state index in [1.165, 1.54) is 16.7 Å². The Morgan fingerprint density at radius 2 is 1.54 bits per heavy atom. The third-order valence-corrected chi connectivity index (χ3v) is 4.49. The topological polar surface area (TPSA) is 29.7 Å². The van der Waals surface area contributed by atoms with E-state index in [4.69, 9.17) is 9.98 Å². The largest absolute Gasteiger partial charge is 0.299 e. The Labute approximate surface area is 153 Å². The summed E-state index contributed by atoms with van der Waals surface area (Å²) < 4.78 is 2.11. The van der Waals surface area contributed by atoms with E-state index in [1.54, 1.807) is 0 Å². The molecule has 0 aliphatic heterocycles. The smallest absolute Gasteiger partial charge is 0.159 e. The Morgan fingerprint density at radius 1 is 0.846 bits per heavy atom. The van der Waals surface area contributed by atoms with Crippen LogP contribution in [-0.2, 0) is 6.42 Å². The van der Waals surface area contributed by atoms with Gasteiger partial charge in [-0.1, -0.05) is 53.6 Å². The van der Waals surface area contributed by atoms with Crippen LogP contribution in [0.2, 0.25) is 0 Å². The van der Waals surface area contributed by atoms with Crippen molar-refractivity contribution >= 4 is 11.2 Å². The number of pyridine rings is 1. The number of hydrogen-bond donors (Lipinski definition) is 0. The van der Waals surface area contributed by atoms with Crippen molar-refractivity contribution in [3.63, 3.8) is 0 Å². The molecule has 0 unspecified atom stereocenters. The van der Waals surface area contributed by atoms with E-state index < -0.39 is 0 Å². The quantitative estimate of drug-likeness (QED) is 0.528. The van der Waals surface area contributed by atoms with Crippen molar-refractivity contribution in [3.8, 4) is 0 Å². The van der Waals surface area contributed by atoms with Crippen LogP contribution in [0.4, 0.5) is 5.69 Å². The van der Waals surface area contributed by atoms with E-state index in [0.29, 0.717) is 0 Å². The first-order valence-corrected chi connectivity index (χ1v) is 8.81. The van der Waals surface area contributed by atoms with Gasteiger partial charge in [-0.3, -0.25) is 9.38 Å². The third-order valence-electron chi connectivity index (χ3n) is 4.49. The number of fused-ring (bicyclic) bond motifs is 1. The fourth-order valence-corrected chi connectivity index (χ4v) is 2.98. The van der Waals surface area contributed by atoms with Gasteiger partial charge in [0.2, 0.25) is 0 Å². The molecule has 2 aromatic heterocycles. The molecule has 0 aliphatic rings. The molecule has 4 rings (SSSR count). The molecule has 128 valence electrons. The highest BCUT2D eigenvalue weighted by Crippen LogP contribution is 2.13. The van der Waals surface area contributed by atoms with Crippen LogP contribution in [0.15, 0.2) is 84.1 Å². The number of benzene rings is 2. The van der Waals surface area contributed by atoms with Gasteiger partial charge in [-0.05, 0) is 43.7 Å². The van der Waals surface area contributed by atoms with Gasteiger partial charge in [0.1, 0.15) is 0 Å². The van der Waals surface area contributed by atoms with Crippen LogP contribution in [0.1, 0.15) is 22.4 Å². The van der Waals surface area contributed by atoms with Gasteiger partial charge < -0.3 is 0 Å². The zero-order chi connectivity index (χ0) is 17.9. The second-order valence-electron chi connectivity index (χ2n) is 6.63. The molecule has 3 nitrogen and oxygen atoms in total. The number of hydrogen-bond acceptors (Lipinski definition) is 2. The highest BCUT2D eigenvalue weighted by Gasteiger charge is 2.06. The van der Waals surface area contributed by atoms with Gasteiger partial charge in [-0.2, -0.15) is 0 Å². The van der Waals surface area contributed by atoms with Gasteiger partial charge in [0, 0.05) is 12.6 Å². The van der Waals surface area contributed by atoms with Gasteiger partial charge in [0.15, 0.2) is 5.49 Å². The lowest BCUT2D eigenvalue weighted by Crippen LogP contribution is -2.21. The van der Waals surface area contributed by atoms with Crippen molar-refractivity contribution in [3.05, 3.63) is 107 Å². The second kappa shape index (κ2) is 6.96. The lowest BCUT2D eigenvalue weighted by atomic mass is 10.1. The molecule has 0 saturated carbocycles. The summed E-state index contributed by atoms with van der Waals surface area (Å²) in [4.78, 5) is 9.65. The average Bonchev–Trinajstić information content (AvgIpc) is 2.67. The summed E-state index contributed by atoms with van der Waals surface area (Å²) >= 11 is 0. The molecule has 3 heteroatoms. The molecule has 0 spiro atoms. The Hall–Kier alpha value is -3.20. The van der Waals surface area contributed by atoms with Crippen LogP contribution >= 0.6 is 0 Å². The maximum Gasteiger partial charge on any atom is 0.159 e. The first-order valence-electron chi connectivity index (χ1n) is 8.81. The molecule has 0 bridgehead atoms. The molecule has 0 atom stereocenters. The van der Waals surface area contributed by atoms with Crippen LogP contribution in [0.3, 0.4) is 0 Å². The van der Waals surface area contributed by atoms with Gasteiger partial charge >= 0.3 is 0 Å². The summed E-state index contributed by atoms with van der Waals surface area (Å²) in [6.45, 7) is 4.19. The van der Waals surface area contributed by atoms with Gasteiger partial charge in [0.25, 0.3) is 0 Å². The van der Waals surface area contributed by atoms with Crippen LogP contribution in [-0.4, -0.2) is 9.38 Å². The van der Waals surface area contributed by atoms with Crippen LogP contribution < -0.4 is 5.49 Å². The summed E-state index contributed by atoms with van der Waals surface area (Å²) in [5.41, 5.74) is 7.55. The van der Waals surface area contributed by atoms with Gasteiger partial charge in [-0.25, -0.2) is 4.99 Å². The minimum absolute atomic E-state index is 0.753. The van der Waals surface area contributed by atoms with Crippen LogP contribution in [0.25, 0.3) is 5.52 Å². The summed E-state index contributed by atoms with van der Waals surface area (Å²) in [5, 5.41) is 0. The van der Waals surface area contributed by atoms with E-state index in [2.05, 4.69) is 60.7 Å². The number of rotatable bonds is 3. The molecular formula is C23H21N3. The number of aromatic nitrogens is 2. The first-order chi connectivity index (χ1) is 12.7. The maximum absolute atomic E-state index is 4.92. The zero-order valence-electron chi connectivity index (χ0n) is 15.1. The zero-order valence-corrected chi connectivity index (χ0v) is 15.1. The minimum atomic E-state index is 0.753. The SMILES string of the molecule is Cc1ccc(Cc2ncc3ccccn3c2=Nc2ccc(C)cc2)cc1. The molecule has 0 fully saturated rings. The van der Waals surface area contributed by atoms with Crippen molar-refractivity contribution in [2.45, 2.75) is 20.3 Å². The van der Waals surface area contributed by atoms with E-state index in [9.17, 15) is 0 Å². The van der Waals surface area contributed by atoms with Crippen LogP contribution in [0.5, 0.6) is 0 Å². The van der Waals surface area contributed by atoms with Crippen molar-refractivity contribution in [1.82, 2.24) is 9.38 Å². The normalized spacial score (nSPS) is 11.8. The highest BCUT2D eigenvalue weighted by molar-refractivity contribution is 5.45. The molecule has 2 heterocycles. The molecule has 0 radical (unpaired) electrons. The lowest BCUT2D eigenvalue weighted by Gasteiger charge is -2.08. The lowest BCUT2D eigenvalue weighted by molar-refractivity contribution is 0.921. The Bertz CT molecular complexity index is 1100. The third kappa shape index (κ3) is 3.42. The fraction of sp³-hybridized carbons (Fsp3) is 0.130. The number of aryl methyl sites for hydroxylation is 2. The van der Waals surface area contributed by atoms with Gasteiger partial charge in [-0.15, -0.1) is 0 Å². The minimum Gasteiger partial charge on any atom is -0.299 e. The van der Waals surface area contributed by atoms with Crippen molar-refractivity contribution in [1.29, 1.82) is 0 Å². The second-order valence-corrected chi connectivity index (χ2v) is 6.63. The summed E-state index contributed by atoms with van der Waals surface area (Å²) in [6.07, 6.45) is 4.71. The molecule has 0 aliphatic carbocycles. The molecule has 0 N–H and O–H groups in total. The molecular weight excluding hydrogens is 318 g/mol.